The number of amides is 1. The Balaban J connectivity index is 1.94. The van der Waals surface area contributed by atoms with E-state index >= 15 is 0 Å². The van der Waals surface area contributed by atoms with Gasteiger partial charge < -0.3 is 15.2 Å². The van der Waals surface area contributed by atoms with Crippen LogP contribution in [0.2, 0.25) is 0 Å². The predicted molar refractivity (Wildman–Crippen MR) is 86.4 cm³/mol. The summed E-state index contributed by atoms with van der Waals surface area (Å²) in [6, 6.07) is 6.13. The zero-order valence-electron chi connectivity index (χ0n) is 12.3. The maximum atomic E-state index is 12.9. The van der Waals surface area contributed by atoms with E-state index in [0.717, 1.165) is 19.4 Å². The van der Waals surface area contributed by atoms with Gasteiger partial charge in [-0.3, -0.25) is 4.79 Å². The molecule has 2 aromatic heterocycles. The van der Waals surface area contributed by atoms with Crippen molar-refractivity contribution in [3.8, 4) is 0 Å². The van der Waals surface area contributed by atoms with Crippen LogP contribution in [0, 0.1) is 0 Å². The summed E-state index contributed by atoms with van der Waals surface area (Å²) >= 11 is 1.44. The van der Waals surface area contributed by atoms with Crippen LogP contribution in [0.15, 0.2) is 29.8 Å². The molecule has 4 nitrogen and oxygen atoms in total. The van der Waals surface area contributed by atoms with E-state index in [2.05, 4.69) is 10.6 Å². The van der Waals surface area contributed by atoms with Gasteiger partial charge in [0.05, 0.1) is 11.7 Å². The van der Waals surface area contributed by atoms with Crippen molar-refractivity contribution in [2.75, 3.05) is 12.3 Å². The van der Waals surface area contributed by atoms with Crippen LogP contribution < -0.4 is 5.73 Å². The number of hydrogen-bond acceptors (Lipinski definition) is 3. The van der Waals surface area contributed by atoms with Crippen LogP contribution in [-0.4, -0.2) is 21.9 Å². The van der Waals surface area contributed by atoms with Crippen molar-refractivity contribution < 1.29 is 4.79 Å². The highest BCUT2D eigenvalue weighted by molar-refractivity contribution is 7.12. The molecular weight excluding hydrogens is 282 g/mol. The topological polar surface area (TPSA) is 51.3 Å². The van der Waals surface area contributed by atoms with Gasteiger partial charge >= 0.3 is 0 Å². The number of carbonyl (C=O) groups excluding carboxylic acids is 1. The van der Waals surface area contributed by atoms with Gasteiger partial charge in [0.15, 0.2) is 0 Å². The van der Waals surface area contributed by atoms with Crippen LogP contribution in [0.25, 0.3) is 0 Å². The van der Waals surface area contributed by atoms with Gasteiger partial charge in [-0.25, -0.2) is 0 Å². The summed E-state index contributed by atoms with van der Waals surface area (Å²) in [7, 11) is 2.04. The summed E-state index contributed by atoms with van der Waals surface area (Å²) in [6.07, 6.45) is 6.49. The van der Waals surface area contributed by atoms with Crippen LogP contribution in [0.1, 0.15) is 47.1 Å². The summed E-state index contributed by atoms with van der Waals surface area (Å²) < 4.78 is 2.12. The van der Waals surface area contributed by atoms with Gasteiger partial charge in [-0.2, -0.15) is 0 Å². The van der Waals surface area contributed by atoms with E-state index < -0.39 is 0 Å². The van der Waals surface area contributed by atoms with Crippen molar-refractivity contribution in [2.24, 2.45) is 7.05 Å². The molecule has 0 spiro atoms. The molecule has 3 heterocycles. The van der Waals surface area contributed by atoms with Gasteiger partial charge in [-0.1, -0.05) is 12.8 Å². The molecule has 112 valence electrons. The maximum absolute atomic E-state index is 12.9. The molecule has 1 aliphatic heterocycles. The van der Waals surface area contributed by atoms with E-state index in [-0.39, 0.29) is 11.9 Å². The Bertz CT molecular complexity index is 631. The fraction of sp³-hybridized carbons (Fsp3) is 0.438. The van der Waals surface area contributed by atoms with Crippen LogP contribution in [0.4, 0.5) is 5.69 Å². The van der Waals surface area contributed by atoms with Crippen LogP contribution >= 0.6 is 11.3 Å². The number of rotatable bonds is 2. The molecule has 2 N–H and O–H groups in total. The summed E-state index contributed by atoms with van der Waals surface area (Å²) in [6.45, 7) is 0.812. The highest BCUT2D eigenvalue weighted by Gasteiger charge is 2.30. The highest BCUT2D eigenvalue weighted by atomic mass is 32.1. The standard InChI is InChI=1S/C16H21N3OS/c1-18-9-5-7-13(18)14-6-3-2-4-10-19(14)16(20)15-12(17)8-11-21-15/h5,7-9,11,14H,2-4,6,10,17H2,1H3. The molecule has 0 radical (unpaired) electrons. The van der Waals surface area contributed by atoms with Gasteiger partial charge in [-0.15, -0.1) is 11.3 Å². The molecule has 2 aromatic rings. The van der Waals surface area contributed by atoms with E-state index in [1.165, 1.54) is 29.9 Å². The number of carbonyl (C=O) groups is 1. The van der Waals surface area contributed by atoms with E-state index in [4.69, 9.17) is 5.73 Å². The van der Waals surface area contributed by atoms with Crippen LogP contribution in [0.5, 0.6) is 0 Å². The number of aromatic nitrogens is 1. The van der Waals surface area contributed by atoms with Gasteiger partial charge in [0.25, 0.3) is 5.91 Å². The molecule has 0 aliphatic carbocycles. The number of nitrogens with zero attached hydrogens (tertiary/aromatic N) is 2. The lowest BCUT2D eigenvalue weighted by Crippen LogP contribution is -2.35. The van der Waals surface area contributed by atoms with Crippen molar-refractivity contribution >= 4 is 22.9 Å². The number of anilines is 1. The van der Waals surface area contributed by atoms with Gasteiger partial charge in [0, 0.05) is 25.5 Å². The maximum Gasteiger partial charge on any atom is 0.266 e. The zero-order valence-corrected chi connectivity index (χ0v) is 13.1. The molecule has 1 fully saturated rings. The molecule has 0 aromatic carbocycles. The first-order valence-corrected chi connectivity index (χ1v) is 8.31. The minimum atomic E-state index is 0.0793. The Morgan fingerprint density at radius 1 is 1.33 bits per heavy atom. The van der Waals surface area contributed by atoms with Crippen LogP contribution in [0.3, 0.4) is 0 Å². The minimum Gasteiger partial charge on any atom is -0.397 e. The average Bonchev–Trinajstić information content (AvgIpc) is 3.00. The van der Waals surface area contributed by atoms with E-state index in [0.29, 0.717) is 10.6 Å². The molecule has 1 unspecified atom stereocenters. The minimum absolute atomic E-state index is 0.0793. The number of nitrogen functional groups attached to an aromatic ring is 1. The molecule has 0 bridgehead atoms. The molecule has 21 heavy (non-hydrogen) atoms. The Morgan fingerprint density at radius 2 is 2.19 bits per heavy atom. The quantitative estimate of drug-likeness (QED) is 0.924. The lowest BCUT2D eigenvalue weighted by atomic mass is 10.1. The summed E-state index contributed by atoms with van der Waals surface area (Å²) in [4.78, 5) is 15.6. The molecule has 1 aliphatic rings. The number of hydrogen-bond donors (Lipinski definition) is 1. The third-order valence-corrected chi connectivity index (χ3v) is 5.15. The normalized spacial score (nSPS) is 19.5. The van der Waals surface area contributed by atoms with Crippen molar-refractivity contribution in [2.45, 2.75) is 31.7 Å². The third-order valence-electron chi connectivity index (χ3n) is 4.23. The largest absolute Gasteiger partial charge is 0.397 e. The monoisotopic (exact) mass is 303 g/mol. The molecule has 1 amide bonds. The third kappa shape index (κ3) is 2.70. The Hall–Kier alpha value is -1.75. The summed E-state index contributed by atoms with van der Waals surface area (Å²) in [5, 5.41) is 1.89. The lowest BCUT2D eigenvalue weighted by Gasteiger charge is -2.30. The van der Waals surface area contributed by atoms with Crippen molar-refractivity contribution in [3.05, 3.63) is 40.3 Å². The van der Waals surface area contributed by atoms with Crippen molar-refractivity contribution in [1.29, 1.82) is 0 Å². The molecule has 1 saturated heterocycles. The highest BCUT2D eigenvalue weighted by Crippen LogP contribution is 2.33. The fourth-order valence-corrected chi connectivity index (χ4v) is 3.88. The molecule has 5 heteroatoms. The smallest absolute Gasteiger partial charge is 0.266 e. The van der Waals surface area contributed by atoms with Gasteiger partial charge in [0.1, 0.15) is 4.88 Å². The van der Waals surface area contributed by atoms with E-state index in [1.54, 1.807) is 0 Å². The Labute approximate surface area is 129 Å². The van der Waals surface area contributed by atoms with Crippen LogP contribution in [-0.2, 0) is 7.05 Å². The molecule has 0 saturated carbocycles. The van der Waals surface area contributed by atoms with E-state index in [1.807, 2.05) is 35.7 Å². The number of aryl methyl sites for hydroxylation is 1. The lowest BCUT2D eigenvalue weighted by molar-refractivity contribution is 0.0680. The first-order chi connectivity index (χ1) is 10.2. The van der Waals surface area contributed by atoms with Gasteiger partial charge in [-0.05, 0) is 36.4 Å². The zero-order chi connectivity index (χ0) is 14.8. The summed E-state index contributed by atoms with van der Waals surface area (Å²) in [5.74, 6) is 0.0793. The Morgan fingerprint density at radius 3 is 2.86 bits per heavy atom. The van der Waals surface area contributed by atoms with E-state index in [9.17, 15) is 4.79 Å². The average molecular weight is 303 g/mol. The van der Waals surface area contributed by atoms with Crippen molar-refractivity contribution in [3.63, 3.8) is 0 Å². The molecule has 1 atom stereocenters. The number of thiophene rings is 1. The van der Waals surface area contributed by atoms with Gasteiger partial charge in [0.2, 0.25) is 0 Å². The fourth-order valence-electron chi connectivity index (χ4n) is 3.10. The molecule has 3 rings (SSSR count). The first-order valence-electron chi connectivity index (χ1n) is 7.43. The predicted octanol–water partition coefficient (Wildman–Crippen LogP) is 3.43. The second-order valence-corrected chi connectivity index (χ2v) is 6.53. The second-order valence-electron chi connectivity index (χ2n) is 5.61. The molecular formula is C16H21N3OS. The second kappa shape index (κ2) is 5.93. The number of nitrogens with two attached hydrogens (primary N) is 1. The Kier molecular flexibility index (Phi) is 4.01. The SMILES string of the molecule is Cn1cccc1C1CCCCCN1C(=O)c1sccc1N. The van der Waals surface area contributed by atoms with Crippen molar-refractivity contribution in [1.82, 2.24) is 9.47 Å². The first kappa shape index (κ1) is 14.2. The number of likely N-dealkylation sites (tertiary alicyclic amines) is 1. The summed E-state index contributed by atoms with van der Waals surface area (Å²) in [5.41, 5.74) is 7.74.